The minimum absolute atomic E-state index is 0.209. The zero-order valence-electron chi connectivity index (χ0n) is 9.81. The summed E-state index contributed by atoms with van der Waals surface area (Å²) < 4.78 is 0. The summed E-state index contributed by atoms with van der Waals surface area (Å²) in [6.07, 6.45) is 4.07. The van der Waals surface area contributed by atoms with E-state index in [4.69, 9.17) is 11.5 Å². The van der Waals surface area contributed by atoms with Crippen molar-refractivity contribution in [2.75, 3.05) is 18.0 Å². The van der Waals surface area contributed by atoms with E-state index in [1.165, 1.54) is 0 Å². The van der Waals surface area contributed by atoms with Gasteiger partial charge in [0.05, 0.1) is 5.56 Å². The number of hydrogen-bond acceptors (Lipinski definition) is 4. The maximum Gasteiger partial charge on any atom is 0.253 e. The number of rotatable bonds is 4. The molecule has 0 saturated heterocycles. The molecule has 6 nitrogen and oxygen atoms in total. The number of aromatic amines is 1. The Kier molecular flexibility index (Phi) is 3.47. The fourth-order valence-electron chi connectivity index (χ4n) is 1.61. The van der Waals surface area contributed by atoms with Crippen molar-refractivity contribution in [1.82, 2.24) is 15.3 Å². The van der Waals surface area contributed by atoms with Gasteiger partial charge in [0.1, 0.15) is 5.82 Å². The van der Waals surface area contributed by atoms with Crippen LogP contribution in [0.15, 0.2) is 30.6 Å². The Hall–Kier alpha value is -2.50. The highest BCUT2D eigenvalue weighted by Crippen LogP contribution is 2.15. The molecule has 0 unspecified atom stereocenters. The van der Waals surface area contributed by atoms with Crippen LogP contribution in [0.1, 0.15) is 16.2 Å². The predicted molar refractivity (Wildman–Crippen MR) is 69.9 cm³/mol. The molecule has 2 aromatic rings. The molecule has 6 heteroatoms. The number of aromatic nitrogens is 2. The van der Waals surface area contributed by atoms with Crippen molar-refractivity contribution in [3.8, 4) is 0 Å². The molecule has 0 aliphatic heterocycles. The number of H-pyrrole nitrogens is 1. The van der Waals surface area contributed by atoms with Crippen LogP contribution in [0.5, 0.6) is 0 Å². The molecule has 0 saturated carbocycles. The van der Waals surface area contributed by atoms with Gasteiger partial charge in [-0.2, -0.15) is 0 Å². The SMILES string of the molecule is Nc1ccc(C(=O)NCCc2ncc[nH]2)c(N)c1. The smallest absolute Gasteiger partial charge is 0.253 e. The molecule has 1 aromatic carbocycles. The molecule has 18 heavy (non-hydrogen) atoms. The van der Waals surface area contributed by atoms with Crippen LogP contribution in [0.2, 0.25) is 0 Å². The number of carbonyl (C=O) groups is 1. The first-order valence-corrected chi connectivity index (χ1v) is 5.58. The first kappa shape index (κ1) is 12.0. The van der Waals surface area contributed by atoms with Crippen LogP contribution in [0.3, 0.4) is 0 Å². The van der Waals surface area contributed by atoms with E-state index >= 15 is 0 Å². The van der Waals surface area contributed by atoms with Crippen LogP contribution in [0.25, 0.3) is 0 Å². The summed E-state index contributed by atoms with van der Waals surface area (Å²) in [4.78, 5) is 18.9. The van der Waals surface area contributed by atoms with Gasteiger partial charge in [0.2, 0.25) is 0 Å². The first-order valence-electron chi connectivity index (χ1n) is 5.58. The highest BCUT2D eigenvalue weighted by molar-refractivity contribution is 5.99. The van der Waals surface area contributed by atoms with Crippen LogP contribution in [0, 0.1) is 0 Å². The average molecular weight is 245 g/mol. The molecule has 1 aromatic heterocycles. The van der Waals surface area contributed by atoms with E-state index in [0.717, 1.165) is 5.82 Å². The molecule has 94 valence electrons. The van der Waals surface area contributed by atoms with E-state index in [1.54, 1.807) is 30.6 Å². The Morgan fingerprint density at radius 2 is 2.22 bits per heavy atom. The Morgan fingerprint density at radius 3 is 2.89 bits per heavy atom. The number of benzene rings is 1. The fraction of sp³-hybridized carbons (Fsp3) is 0.167. The molecule has 0 aliphatic rings. The van der Waals surface area contributed by atoms with E-state index < -0.39 is 0 Å². The normalized spacial score (nSPS) is 10.2. The topological polar surface area (TPSA) is 110 Å². The number of imidazole rings is 1. The van der Waals surface area contributed by atoms with E-state index in [9.17, 15) is 4.79 Å². The second-order valence-corrected chi connectivity index (χ2v) is 3.89. The van der Waals surface area contributed by atoms with Crippen LogP contribution in [-0.4, -0.2) is 22.4 Å². The van der Waals surface area contributed by atoms with E-state index in [1.807, 2.05) is 0 Å². The Labute approximate surface area is 104 Å². The minimum atomic E-state index is -0.209. The molecule has 0 bridgehead atoms. The number of nitrogens with zero attached hydrogens (tertiary/aromatic N) is 1. The summed E-state index contributed by atoms with van der Waals surface area (Å²) in [6, 6.07) is 4.84. The zero-order chi connectivity index (χ0) is 13.0. The third-order valence-corrected chi connectivity index (χ3v) is 2.52. The van der Waals surface area contributed by atoms with Crippen molar-refractivity contribution in [2.45, 2.75) is 6.42 Å². The van der Waals surface area contributed by atoms with Gasteiger partial charge < -0.3 is 21.8 Å². The van der Waals surface area contributed by atoms with Crippen molar-refractivity contribution >= 4 is 17.3 Å². The van der Waals surface area contributed by atoms with Crippen molar-refractivity contribution in [2.24, 2.45) is 0 Å². The lowest BCUT2D eigenvalue weighted by Gasteiger charge is -2.07. The summed E-state index contributed by atoms with van der Waals surface area (Å²) in [7, 11) is 0. The maximum absolute atomic E-state index is 11.8. The number of amides is 1. The number of nitrogen functional groups attached to an aromatic ring is 2. The van der Waals surface area contributed by atoms with Gasteiger partial charge in [-0.25, -0.2) is 4.98 Å². The van der Waals surface area contributed by atoms with Crippen molar-refractivity contribution in [3.63, 3.8) is 0 Å². The summed E-state index contributed by atoms with van der Waals surface area (Å²) >= 11 is 0. The van der Waals surface area contributed by atoms with E-state index in [-0.39, 0.29) is 5.91 Å². The van der Waals surface area contributed by atoms with E-state index in [0.29, 0.717) is 29.9 Å². The molecular formula is C12H15N5O. The molecule has 1 heterocycles. The molecule has 2 rings (SSSR count). The maximum atomic E-state index is 11.8. The first-order chi connectivity index (χ1) is 8.66. The highest BCUT2D eigenvalue weighted by atomic mass is 16.1. The zero-order valence-corrected chi connectivity index (χ0v) is 9.81. The van der Waals surface area contributed by atoms with Gasteiger partial charge in [0.15, 0.2) is 0 Å². The fourth-order valence-corrected chi connectivity index (χ4v) is 1.61. The average Bonchev–Trinajstić information content (AvgIpc) is 2.81. The van der Waals surface area contributed by atoms with Gasteiger partial charge in [-0.05, 0) is 18.2 Å². The minimum Gasteiger partial charge on any atom is -0.399 e. The lowest BCUT2D eigenvalue weighted by molar-refractivity contribution is 0.0955. The van der Waals surface area contributed by atoms with Crippen molar-refractivity contribution in [3.05, 3.63) is 42.0 Å². The monoisotopic (exact) mass is 245 g/mol. The Morgan fingerprint density at radius 1 is 1.39 bits per heavy atom. The summed E-state index contributed by atoms with van der Waals surface area (Å²) in [5.74, 6) is 0.625. The van der Waals surface area contributed by atoms with Crippen LogP contribution in [-0.2, 0) is 6.42 Å². The van der Waals surface area contributed by atoms with Crippen LogP contribution < -0.4 is 16.8 Å². The summed E-state index contributed by atoms with van der Waals surface area (Å²) in [6.45, 7) is 0.496. The Bertz CT molecular complexity index is 535. The molecule has 1 amide bonds. The second-order valence-electron chi connectivity index (χ2n) is 3.89. The van der Waals surface area contributed by atoms with Gasteiger partial charge in [0.25, 0.3) is 5.91 Å². The third kappa shape index (κ3) is 2.79. The molecule has 0 fully saturated rings. The molecular weight excluding hydrogens is 230 g/mol. The lowest BCUT2D eigenvalue weighted by atomic mass is 10.1. The molecule has 0 aliphatic carbocycles. The lowest BCUT2D eigenvalue weighted by Crippen LogP contribution is -2.26. The standard InChI is InChI=1S/C12H15N5O/c13-8-1-2-9(10(14)7-8)12(18)17-4-3-11-15-5-6-16-11/h1-2,5-7H,3-4,13-14H2,(H,15,16)(H,17,18). The molecule has 0 atom stereocenters. The van der Waals surface area contributed by atoms with Gasteiger partial charge in [-0.3, -0.25) is 4.79 Å². The highest BCUT2D eigenvalue weighted by Gasteiger charge is 2.09. The van der Waals surface area contributed by atoms with E-state index in [2.05, 4.69) is 15.3 Å². The quantitative estimate of drug-likeness (QED) is 0.589. The number of carbonyl (C=O) groups excluding carboxylic acids is 1. The van der Waals surface area contributed by atoms with Crippen molar-refractivity contribution in [1.29, 1.82) is 0 Å². The number of anilines is 2. The molecule has 0 radical (unpaired) electrons. The van der Waals surface area contributed by atoms with Gasteiger partial charge >= 0.3 is 0 Å². The number of nitrogens with two attached hydrogens (primary N) is 2. The van der Waals surface area contributed by atoms with Gasteiger partial charge in [0, 0.05) is 36.7 Å². The summed E-state index contributed by atoms with van der Waals surface area (Å²) in [5.41, 5.74) is 12.7. The predicted octanol–water partition coefficient (Wildman–Crippen LogP) is 0.547. The molecule has 0 spiro atoms. The summed E-state index contributed by atoms with van der Waals surface area (Å²) in [5, 5.41) is 2.78. The second kappa shape index (κ2) is 5.22. The van der Waals surface area contributed by atoms with Crippen LogP contribution in [0.4, 0.5) is 11.4 Å². The van der Waals surface area contributed by atoms with Crippen LogP contribution >= 0.6 is 0 Å². The van der Waals surface area contributed by atoms with Gasteiger partial charge in [-0.1, -0.05) is 0 Å². The largest absolute Gasteiger partial charge is 0.399 e. The third-order valence-electron chi connectivity index (χ3n) is 2.52. The van der Waals surface area contributed by atoms with Gasteiger partial charge in [-0.15, -0.1) is 0 Å². The number of nitrogens with one attached hydrogen (secondary N) is 2. The van der Waals surface area contributed by atoms with Crippen molar-refractivity contribution < 1.29 is 4.79 Å². The molecule has 6 N–H and O–H groups in total. The Balaban J connectivity index is 1.91. The number of hydrogen-bond donors (Lipinski definition) is 4.